The van der Waals surface area contributed by atoms with E-state index in [-0.39, 0.29) is 11.8 Å². The van der Waals surface area contributed by atoms with Crippen LogP contribution in [0.5, 0.6) is 5.75 Å². The van der Waals surface area contributed by atoms with Crippen LogP contribution in [0, 0.1) is 12.8 Å². The van der Waals surface area contributed by atoms with Crippen molar-refractivity contribution in [1.29, 1.82) is 0 Å². The standard InChI is InChI=1S/C24H26Cl2N4O3/c1-16-2-5-19(6-3-16)32-13-10-27-24(31)17-8-11-30(12-9-17)15-22-28-23(29-33-22)20-7-4-18(25)14-21(20)26/h2-7,14,17H,8-13,15H2,1H3,(H,27,31). The normalized spacial score (nSPS) is 14.9. The SMILES string of the molecule is Cc1ccc(OCCNC(=O)C2CCN(Cc3nc(-c4ccc(Cl)cc4Cl)no3)CC2)cc1. The number of hydrogen-bond acceptors (Lipinski definition) is 6. The van der Waals surface area contributed by atoms with Crippen molar-refractivity contribution in [2.24, 2.45) is 5.92 Å². The molecule has 1 aromatic heterocycles. The predicted octanol–water partition coefficient (Wildman–Crippen LogP) is 4.76. The lowest BCUT2D eigenvalue weighted by atomic mass is 9.96. The highest BCUT2D eigenvalue weighted by Gasteiger charge is 2.26. The third-order valence-electron chi connectivity index (χ3n) is 5.65. The number of nitrogens with zero attached hydrogens (tertiary/aromatic N) is 3. The number of amides is 1. The van der Waals surface area contributed by atoms with E-state index in [1.807, 2.05) is 31.2 Å². The lowest BCUT2D eigenvalue weighted by Crippen LogP contribution is -2.41. The molecule has 1 N–H and O–H groups in total. The van der Waals surface area contributed by atoms with Gasteiger partial charge in [0.05, 0.1) is 18.1 Å². The van der Waals surface area contributed by atoms with Crippen LogP contribution < -0.4 is 10.1 Å². The Kier molecular flexibility index (Phi) is 7.85. The van der Waals surface area contributed by atoms with Gasteiger partial charge in [-0.1, -0.05) is 46.1 Å². The molecule has 9 heteroatoms. The van der Waals surface area contributed by atoms with Gasteiger partial charge in [-0.2, -0.15) is 4.98 Å². The molecule has 0 atom stereocenters. The molecule has 174 valence electrons. The second-order valence-electron chi connectivity index (χ2n) is 8.14. The van der Waals surface area contributed by atoms with Crippen LogP contribution in [0.2, 0.25) is 10.0 Å². The Morgan fingerprint density at radius 1 is 1.18 bits per heavy atom. The average Bonchev–Trinajstić information content (AvgIpc) is 3.26. The summed E-state index contributed by atoms with van der Waals surface area (Å²) in [4.78, 5) is 19.2. The Morgan fingerprint density at radius 2 is 1.94 bits per heavy atom. The van der Waals surface area contributed by atoms with Gasteiger partial charge in [-0.15, -0.1) is 0 Å². The molecule has 0 spiro atoms. The largest absolute Gasteiger partial charge is 0.492 e. The number of hydrogen-bond donors (Lipinski definition) is 1. The number of likely N-dealkylation sites (tertiary alicyclic amines) is 1. The van der Waals surface area contributed by atoms with E-state index in [1.54, 1.807) is 18.2 Å². The maximum absolute atomic E-state index is 12.5. The Labute approximate surface area is 203 Å². The number of rotatable bonds is 8. The maximum Gasteiger partial charge on any atom is 0.241 e. The Bertz CT molecular complexity index is 1080. The summed E-state index contributed by atoms with van der Waals surface area (Å²) in [5.41, 5.74) is 1.87. The number of carbonyl (C=O) groups excluding carboxylic acids is 1. The molecule has 2 aromatic carbocycles. The van der Waals surface area contributed by atoms with E-state index >= 15 is 0 Å². The molecular weight excluding hydrogens is 463 g/mol. The van der Waals surface area contributed by atoms with E-state index in [4.69, 9.17) is 32.5 Å². The summed E-state index contributed by atoms with van der Waals surface area (Å²) < 4.78 is 11.1. The first-order valence-corrected chi connectivity index (χ1v) is 11.7. The Balaban J connectivity index is 1.18. The van der Waals surface area contributed by atoms with E-state index in [0.717, 1.165) is 31.7 Å². The van der Waals surface area contributed by atoms with Crippen molar-refractivity contribution in [2.75, 3.05) is 26.2 Å². The first-order chi connectivity index (χ1) is 16.0. The molecule has 1 amide bonds. The fraction of sp³-hybridized carbons (Fsp3) is 0.375. The summed E-state index contributed by atoms with van der Waals surface area (Å²) in [7, 11) is 0. The van der Waals surface area contributed by atoms with E-state index in [2.05, 4.69) is 20.4 Å². The fourth-order valence-corrected chi connectivity index (χ4v) is 4.26. The molecule has 7 nitrogen and oxygen atoms in total. The highest BCUT2D eigenvalue weighted by molar-refractivity contribution is 6.36. The minimum Gasteiger partial charge on any atom is -0.492 e. The summed E-state index contributed by atoms with van der Waals surface area (Å²) in [5.74, 6) is 1.86. The van der Waals surface area contributed by atoms with E-state index in [1.165, 1.54) is 5.56 Å². The third kappa shape index (κ3) is 6.47. The van der Waals surface area contributed by atoms with Gasteiger partial charge in [0.2, 0.25) is 17.6 Å². The Morgan fingerprint density at radius 3 is 2.67 bits per heavy atom. The van der Waals surface area contributed by atoms with Gasteiger partial charge >= 0.3 is 0 Å². The summed E-state index contributed by atoms with van der Waals surface area (Å²) in [6.45, 7) is 5.09. The van der Waals surface area contributed by atoms with Crippen LogP contribution in [0.4, 0.5) is 0 Å². The zero-order chi connectivity index (χ0) is 23.2. The predicted molar refractivity (Wildman–Crippen MR) is 127 cm³/mol. The third-order valence-corrected chi connectivity index (χ3v) is 6.20. The second-order valence-corrected chi connectivity index (χ2v) is 8.98. The first kappa shape index (κ1) is 23.5. The molecule has 4 rings (SSSR count). The van der Waals surface area contributed by atoms with E-state index in [0.29, 0.717) is 47.0 Å². The van der Waals surface area contributed by atoms with E-state index < -0.39 is 0 Å². The van der Waals surface area contributed by atoms with Crippen molar-refractivity contribution in [3.05, 3.63) is 64.0 Å². The fourth-order valence-electron chi connectivity index (χ4n) is 3.77. The van der Waals surface area contributed by atoms with Gasteiger partial charge in [-0.25, -0.2) is 0 Å². The average molecular weight is 489 g/mol. The molecule has 0 saturated carbocycles. The number of nitrogens with one attached hydrogen (secondary N) is 1. The lowest BCUT2D eigenvalue weighted by molar-refractivity contribution is -0.126. The molecule has 1 fully saturated rings. The minimum absolute atomic E-state index is 0.00625. The molecule has 2 heterocycles. The lowest BCUT2D eigenvalue weighted by Gasteiger charge is -2.30. The van der Waals surface area contributed by atoms with Gasteiger partial charge < -0.3 is 14.6 Å². The number of benzene rings is 2. The van der Waals surface area contributed by atoms with Crippen LogP contribution in [-0.4, -0.2) is 47.2 Å². The summed E-state index contributed by atoms with van der Waals surface area (Å²) in [6, 6.07) is 13.0. The van der Waals surface area contributed by atoms with Gasteiger partial charge in [-0.05, 0) is 63.2 Å². The zero-order valence-corrected chi connectivity index (χ0v) is 19.9. The van der Waals surface area contributed by atoms with Gasteiger partial charge in [0, 0.05) is 16.5 Å². The molecular formula is C24H26Cl2N4O3. The number of aryl methyl sites for hydroxylation is 1. The smallest absolute Gasteiger partial charge is 0.241 e. The van der Waals surface area contributed by atoms with Gasteiger partial charge in [0.25, 0.3) is 0 Å². The van der Waals surface area contributed by atoms with Crippen molar-refractivity contribution >= 4 is 29.1 Å². The van der Waals surface area contributed by atoms with Crippen LogP contribution >= 0.6 is 23.2 Å². The van der Waals surface area contributed by atoms with Crippen molar-refractivity contribution in [3.8, 4) is 17.1 Å². The van der Waals surface area contributed by atoms with Crippen LogP contribution in [0.15, 0.2) is 47.0 Å². The Hall–Kier alpha value is -2.61. The maximum atomic E-state index is 12.5. The number of halogens is 2. The molecule has 0 bridgehead atoms. The second kappa shape index (κ2) is 11.0. The highest BCUT2D eigenvalue weighted by Crippen LogP contribution is 2.28. The zero-order valence-electron chi connectivity index (χ0n) is 18.4. The highest BCUT2D eigenvalue weighted by atomic mass is 35.5. The van der Waals surface area contributed by atoms with Crippen molar-refractivity contribution in [1.82, 2.24) is 20.4 Å². The van der Waals surface area contributed by atoms with Crippen LogP contribution in [-0.2, 0) is 11.3 Å². The van der Waals surface area contributed by atoms with Gasteiger partial charge in [0.15, 0.2) is 0 Å². The number of carbonyl (C=O) groups is 1. The first-order valence-electron chi connectivity index (χ1n) is 11.0. The molecule has 0 aliphatic carbocycles. The quantitative estimate of drug-likeness (QED) is 0.460. The molecule has 33 heavy (non-hydrogen) atoms. The topological polar surface area (TPSA) is 80.5 Å². The van der Waals surface area contributed by atoms with Crippen LogP contribution in [0.25, 0.3) is 11.4 Å². The molecule has 0 radical (unpaired) electrons. The molecule has 0 unspecified atom stereocenters. The molecule has 1 aliphatic rings. The van der Waals surface area contributed by atoms with Gasteiger partial charge in [-0.3, -0.25) is 9.69 Å². The van der Waals surface area contributed by atoms with Crippen molar-refractivity contribution in [3.63, 3.8) is 0 Å². The van der Waals surface area contributed by atoms with Crippen molar-refractivity contribution < 1.29 is 14.1 Å². The number of piperidine rings is 1. The van der Waals surface area contributed by atoms with E-state index in [9.17, 15) is 4.79 Å². The summed E-state index contributed by atoms with van der Waals surface area (Å²) in [5, 5.41) is 8.05. The monoisotopic (exact) mass is 488 g/mol. The molecule has 1 aliphatic heterocycles. The molecule has 1 saturated heterocycles. The molecule has 3 aromatic rings. The van der Waals surface area contributed by atoms with Crippen molar-refractivity contribution in [2.45, 2.75) is 26.3 Å². The van der Waals surface area contributed by atoms with Gasteiger partial charge in [0.1, 0.15) is 12.4 Å². The number of ether oxygens (including phenoxy) is 1. The number of aromatic nitrogens is 2. The van der Waals surface area contributed by atoms with Crippen LogP contribution in [0.3, 0.4) is 0 Å². The van der Waals surface area contributed by atoms with Crippen LogP contribution in [0.1, 0.15) is 24.3 Å². The summed E-state index contributed by atoms with van der Waals surface area (Å²) >= 11 is 12.2. The summed E-state index contributed by atoms with van der Waals surface area (Å²) in [6.07, 6.45) is 1.57. The minimum atomic E-state index is 0.00625.